The van der Waals surface area contributed by atoms with E-state index >= 15 is 0 Å². The van der Waals surface area contributed by atoms with Crippen molar-refractivity contribution in [2.24, 2.45) is 0 Å². The highest BCUT2D eigenvalue weighted by molar-refractivity contribution is 6.56. The van der Waals surface area contributed by atoms with Gasteiger partial charge in [-0.3, -0.25) is 4.79 Å². The number of nitrogens with one attached hydrogen (secondary N) is 1. The van der Waals surface area contributed by atoms with Crippen molar-refractivity contribution in [1.29, 1.82) is 0 Å². The summed E-state index contributed by atoms with van der Waals surface area (Å²) in [6.45, 7) is 9.19. The highest BCUT2D eigenvalue weighted by atomic mass is 19.1. The van der Waals surface area contributed by atoms with E-state index in [0.29, 0.717) is 5.47 Å². The van der Waals surface area contributed by atoms with E-state index in [9.17, 15) is 14.0 Å². The number of methoxy groups -OCH3 is 1. The lowest BCUT2D eigenvalue weighted by atomic mass is 9.77. The number of hydrogen-bond acceptors (Lipinski definition) is 5. The molecule has 27 heavy (non-hydrogen) atoms. The van der Waals surface area contributed by atoms with Crippen LogP contribution in [0.5, 0.6) is 0 Å². The molecule has 1 amide bonds. The van der Waals surface area contributed by atoms with Gasteiger partial charge in [0, 0.05) is 19.0 Å². The SMILES string of the molecule is COC(=O)c1ccc(C=C(CNC(C)=O)B2OC(C)(C)C(C)(C)O2)c(F)c1. The van der Waals surface area contributed by atoms with Gasteiger partial charge in [0.05, 0.1) is 23.9 Å². The molecule has 1 heterocycles. The van der Waals surface area contributed by atoms with Crippen LogP contribution >= 0.6 is 0 Å². The summed E-state index contributed by atoms with van der Waals surface area (Å²) >= 11 is 0. The van der Waals surface area contributed by atoms with Crippen molar-refractivity contribution in [3.05, 3.63) is 40.6 Å². The van der Waals surface area contributed by atoms with Crippen LogP contribution in [-0.2, 0) is 18.8 Å². The Bertz CT molecular complexity index is 759. The molecule has 0 saturated carbocycles. The fourth-order valence-corrected chi connectivity index (χ4v) is 2.51. The smallest absolute Gasteiger partial charge is 0.465 e. The fraction of sp³-hybridized carbons (Fsp3) is 0.474. The van der Waals surface area contributed by atoms with E-state index < -0.39 is 30.1 Å². The van der Waals surface area contributed by atoms with E-state index in [1.807, 2.05) is 27.7 Å². The van der Waals surface area contributed by atoms with Crippen LogP contribution in [-0.4, -0.2) is 43.9 Å². The first-order valence-electron chi connectivity index (χ1n) is 8.65. The van der Waals surface area contributed by atoms with E-state index in [1.165, 1.54) is 26.2 Å². The van der Waals surface area contributed by atoms with Crippen LogP contribution in [0, 0.1) is 5.82 Å². The molecule has 6 nitrogen and oxygen atoms in total. The van der Waals surface area contributed by atoms with Gasteiger partial charge in [-0.2, -0.15) is 0 Å². The molecular formula is C19H25BFNO5. The normalized spacial score (nSPS) is 18.3. The molecule has 8 heteroatoms. The van der Waals surface area contributed by atoms with E-state index in [0.717, 1.165) is 6.07 Å². The summed E-state index contributed by atoms with van der Waals surface area (Å²) in [6, 6.07) is 4.06. The molecule has 0 atom stereocenters. The number of rotatable bonds is 5. The van der Waals surface area contributed by atoms with E-state index in [4.69, 9.17) is 9.31 Å². The largest absolute Gasteiger partial charge is 0.492 e. The maximum Gasteiger partial charge on any atom is 0.492 e. The van der Waals surface area contributed by atoms with Crippen molar-refractivity contribution in [1.82, 2.24) is 5.32 Å². The lowest BCUT2D eigenvalue weighted by Gasteiger charge is -2.32. The maximum atomic E-state index is 14.5. The lowest BCUT2D eigenvalue weighted by Crippen LogP contribution is -2.41. The zero-order valence-electron chi connectivity index (χ0n) is 16.5. The van der Waals surface area contributed by atoms with Gasteiger partial charge in [0.1, 0.15) is 5.82 Å². The fourth-order valence-electron chi connectivity index (χ4n) is 2.51. The summed E-state index contributed by atoms with van der Waals surface area (Å²) in [5.74, 6) is -1.43. The topological polar surface area (TPSA) is 73.9 Å². The molecule has 1 aliphatic rings. The Balaban J connectivity index is 2.37. The molecule has 0 radical (unpaired) electrons. The second-order valence-corrected chi connectivity index (χ2v) is 7.45. The summed E-state index contributed by atoms with van der Waals surface area (Å²) in [5.41, 5.74) is -0.210. The van der Waals surface area contributed by atoms with Crippen molar-refractivity contribution in [3.8, 4) is 0 Å². The van der Waals surface area contributed by atoms with Gasteiger partial charge in [0.25, 0.3) is 0 Å². The highest BCUT2D eigenvalue weighted by Gasteiger charge is 2.52. The number of halogens is 1. The molecule has 146 valence electrons. The first kappa shape index (κ1) is 21.1. The van der Waals surface area contributed by atoms with Gasteiger partial charge in [-0.25, -0.2) is 9.18 Å². The molecule has 1 aromatic carbocycles. The maximum absolute atomic E-state index is 14.5. The molecule has 1 aromatic rings. The average molecular weight is 377 g/mol. The summed E-state index contributed by atoms with van der Waals surface area (Å²) in [7, 11) is 0.499. The van der Waals surface area contributed by atoms with E-state index in [-0.39, 0.29) is 23.6 Å². The predicted octanol–water partition coefficient (Wildman–Crippen LogP) is 2.76. The molecule has 0 spiro atoms. The Hall–Kier alpha value is -2.19. The van der Waals surface area contributed by atoms with Gasteiger partial charge in [0.15, 0.2) is 0 Å². The number of hydrogen-bond donors (Lipinski definition) is 1. The van der Waals surface area contributed by atoms with Gasteiger partial charge in [-0.1, -0.05) is 12.1 Å². The molecule has 1 saturated heterocycles. The van der Waals surface area contributed by atoms with Crippen LogP contribution in [0.2, 0.25) is 0 Å². The molecule has 1 fully saturated rings. The standard InChI is InChI=1S/C19H25BFNO5/c1-12(23)22-11-15(20-26-18(2,3)19(4,5)27-20)9-13-7-8-14(10-16(13)21)17(24)25-6/h7-10H,11H2,1-6H3,(H,22,23). The molecular weight excluding hydrogens is 352 g/mol. The highest BCUT2D eigenvalue weighted by Crippen LogP contribution is 2.38. The number of carbonyl (C=O) groups is 2. The zero-order valence-corrected chi connectivity index (χ0v) is 16.5. The molecule has 0 bridgehead atoms. The Morgan fingerprint density at radius 3 is 2.30 bits per heavy atom. The number of benzene rings is 1. The van der Waals surface area contributed by atoms with Crippen LogP contribution in [0.3, 0.4) is 0 Å². The van der Waals surface area contributed by atoms with E-state index in [1.54, 1.807) is 6.08 Å². The van der Waals surface area contributed by atoms with Crippen molar-refractivity contribution < 1.29 is 28.0 Å². The van der Waals surface area contributed by atoms with Crippen LogP contribution in [0.1, 0.15) is 50.5 Å². The first-order chi connectivity index (χ1) is 12.5. The molecule has 0 aliphatic carbocycles. The first-order valence-corrected chi connectivity index (χ1v) is 8.65. The molecule has 0 unspecified atom stereocenters. The van der Waals surface area contributed by atoms with Crippen LogP contribution in [0.4, 0.5) is 4.39 Å². The summed E-state index contributed by atoms with van der Waals surface area (Å²) in [6.07, 6.45) is 1.56. The Morgan fingerprint density at radius 1 is 1.22 bits per heavy atom. The zero-order chi connectivity index (χ0) is 20.4. The van der Waals surface area contributed by atoms with Crippen LogP contribution < -0.4 is 5.32 Å². The van der Waals surface area contributed by atoms with Crippen molar-refractivity contribution in [3.63, 3.8) is 0 Å². The van der Waals surface area contributed by atoms with Gasteiger partial charge in [-0.15, -0.1) is 0 Å². The molecule has 0 aromatic heterocycles. The Kier molecular flexibility index (Phi) is 6.12. The molecule has 1 aliphatic heterocycles. The summed E-state index contributed by atoms with van der Waals surface area (Å²) in [5, 5.41) is 2.69. The number of amides is 1. The van der Waals surface area contributed by atoms with E-state index in [2.05, 4.69) is 10.1 Å². The minimum absolute atomic E-state index is 0.117. The summed E-state index contributed by atoms with van der Waals surface area (Å²) < 4.78 is 31.1. The van der Waals surface area contributed by atoms with Gasteiger partial charge in [0.2, 0.25) is 5.91 Å². The van der Waals surface area contributed by atoms with Gasteiger partial charge >= 0.3 is 13.1 Å². The number of ether oxygens (including phenoxy) is 1. The predicted molar refractivity (Wildman–Crippen MR) is 100 cm³/mol. The average Bonchev–Trinajstić information content (AvgIpc) is 2.79. The van der Waals surface area contributed by atoms with Crippen LogP contribution in [0.15, 0.2) is 23.7 Å². The quantitative estimate of drug-likeness (QED) is 0.631. The minimum atomic E-state index is -0.735. The Labute approximate surface area is 159 Å². The molecule has 1 N–H and O–H groups in total. The van der Waals surface area contributed by atoms with Crippen molar-refractivity contribution in [2.75, 3.05) is 13.7 Å². The lowest BCUT2D eigenvalue weighted by molar-refractivity contribution is -0.118. The number of esters is 1. The van der Waals surface area contributed by atoms with Gasteiger partial charge in [-0.05, 0) is 45.3 Å². The second kappa shape index (κ2) is 7.82. The van der Waals surface area contributed by atoms with Crippen molar-refractivity contribution in [2.45, 2.75) is 45.8 Å². The summed E-state index contributed by atoms with van der Waals surface area (Å²) in [4.78, 5) is 22.9. The third-order valence-corrected chi connectivity index (χ3v) is 4.86. The molecule has 2 rings (SSSR count). The second-order valence-electron chi connectivity index (χ2n) is 7.45. The van der Waals surface area contributed by atoms with Crippen LogP contribution in [0.25, 0.3) is 6.08 Å². The third-order valence-electron chi connectivity index (χ3n) is 4.86. The van der Waals surface area contributed by atoms with Gasteiger partial charge < -0.3 is 19.4 Å². The monoisotopic (exact) mass is 377 g/mol. The van der Waals surface area contributed by atoms with Crippen molar-refractivity contribution >= 4 is 25.1 Å². The number of carbonyl (C=O) groups excluding carboxylic acids is 2. The minimum Gasteiger partial charge on any atom is -0.465 e. The third kappa shape index (κ3) is 4.76. The Morgan fingerprint density at radius 2 is 1.81 bits per heavy atom.